The van der Waals surface area contributed by atoms with Crippen molar-refractivity contribution in [2.45, 2.75) is 124 Å². The summed E-state index contributed by atoms with van der Waals surface area (Å²) in [6, 6.07) is 0. The molecule has 1 unspecified atom stereocenters. The predicted molar refractivity (Wildman–Crippen MR) is 119 cm³/mol. The lowest BCUT2D eigenvalue weighted by atomic mass is 10.1. The molecule has 0 radical (unpaired) electrons. The van der Waals surface area contributed by atoms with Crippen molar-refractivity contribution in [1.82, 2.24) is 5.06 Å². The minimum Gasteiger partial charge on any atom is -0.301 e. The van der Waals surface area contributed by atoms with Crippen molar-refractivity contribution >= 4 is 7.82 Å². The zero-order valence-electron chi connectivity index (χ0n) is 19.0. The SMILES string of the molecule is CCCCCCCCN(CCCCCCCC)OP(=O)(O)OCCCCCC. The molecule has 0 aliphatic heterocycles. The van der Waals surface area contributed by atoms with Crippen LogP contribution < -0.4 is 0 Å². The fourth-order valence-electron chi connectivity index (χ4n) is 3.21. The van der Waals surface area contributed by atoms with Crippen molar-refractivity contribution in [3.63, 3.8) is 0 Å². The van der Waals surface area contributed by atoms with Gasteiger partial charge >= 0.3 is 7.82 Å². The topological polar surface area (TPSA) is 59.0 Å². The van der Waals surface area contributed by atoms with Gasteiger partial charge in [-0.05, 0) is 19.3 Å². The summed E-state index contributed by atoms with van der Waals surface area (Å²) in [7, 11) is -4.00. The van der Waals surface area contributed by atoms with Crippen molar-refractivity contribution < 1.29 is 18.6 Å². The summed E-state index contributed by atoms with van der Waals surface area (Å²) in [5, 5.41) is 1.69. The number of phosphoric acid groups is 1. The lowest BCUT2D eigenvalue weighted by molar-refractivity contribution is -0.0885. The quantitative estimate of drug-likeness (QED) is 0.111. The largest absolute Gasteiger partial charge is 0.489 e. The van der Waals surface area contributed by atoms with Gasteiger partial charge in [0.2, 0.25) is 0 Å². The summed E-state index contributed by atoms with van der Waals surface area (Å²) in [4.78, 5) is 10.1. The highest BCUT2D eigenvalue weighted by atomic mass is 31.2. The Morgan fingerprint density at radius 2 is 1.04 bits per heavy atom. The molecule has 0 saturated heterocycles. The van der Waals surface area contributed by atoms with Crippen LogP contribution in [0.15, 0.2) is 0 Å². The Morgan fingerprint density at radius 3 is 1.50 bits per heavy atom. The van der Waals surface area contributed by atoms with E-state index in [0.29, 0.717) is 13.1 Å². The van der Waals surface area contributed by atoms with Crippen molar-refractivity contribution in [2.24, 2.45) is 0 Å². The van der Waals surface area contributed by atoms with Crippen LogP contribution in [0.3, 0.4) is 0 Å². The van der Waals surface area contributed by atoms with Crippen molar-refractivity contribution in [2.75, 3.05) is 19.7 Å². The number of hydrogen-bond acceptors (Lipinski definition) is 4. The highest BCUT2D eigenvalue weighted by Crippen LogP contribution is 2.44. The van der Waals surface area contributed by atoms with Gasteiger partial charge in [-0.25, -0.2) is 4.57 Å². The summed E-state index contributed by atoms with van der Waals surface area (Å²) in [5.41, 5.74) is 0. The maximum atomic E-state index is 12.3. The molecule has 6 heteroatoms. The zero-order chi connectivity index (χ0) is 20.9. The van der Waals surface area contributed by atoms with Gasteiger partial charge < -0.3 is 4.89 Å². The fraction of sp³-hybridized carbons (Fsp3) is 1.00. The Labute approximate surface area is 175 Å². The van der Waals surface area contributed by atoms with Crippen molar-refractivity contribution in [1.29, 1.82) is 0 Å². The molecule has 0 rings (SSSR count). The van der Waals surface area contributed by atoms with E-state index in [-0.39, 0.29) is 6.61 Å². The van der Waals surface area contributed by atoms with E-state index in [1.165, 1.54) is 51.4 Å². The first kappa shape index (κ1) is 28.1. The second-order valence-corrected chi connectivity index (χ2v) is 9.27. The number of hydrogen-bond donors (Lipinski definition) is 1. The van der Waals surface area contributed by atoms with Crippen molar-refractivity contribution in [3.8, 4) is 0 Å². The lowest BCUT2D eigenvalue weighted by Gasteiger charge is -2.24. The maximum absolute atomic E-state index is 12.3. The molecule has 0 fully saturated rings. The van der Waals surface area contributed by atoms with E-state index in [4.69, 9.17) is 9.15 Å². The highest BCUT2D eigenvalue weighted by Gasteiger charge is 2.25. The Balaban J connectivity index is 4.21. The summed E-state index contributed by atoms with van der Waals surface area (Å²) >= 11 is 0. The third-order valence-electron chi connectivity index (χ3n) is 4.99. The van der Waals surface area contributed by atoms with E-state index in [0.717, 1.165) is 51.4 Å². The predicted octanol–water partition coefficient (Wildman–Crippen LogP) is 7.64. The minimum atomic E-state index is -4.00. The van der Waals surface area contributed by atoms with Gasteiger partial charge in [0, 0.05) is 13.1 Å². The number of hydroxylamine groups is 2. The second kappa shape index (κ2) is 20.3. The smallest absolute Gasteiger partial charge is 0.301 e. The molecule has 170 valence electrons. The van der Waals surface area contributed by atoms with E-state index < -0.39 is 7.82 Å². The molecule has 0 heterocycles. The van der Waals surface area contributed by atoms with Gasteiger partial charge in [0.15, 0.2) is 0 Å². The van der Waals surface area contributed by atoms with Crippen LogP contribution in [-0.2, 0) is 13.7 Å². The van der Waals surface area contributed by atoms with Crippen LogP contribution >= 0.6 is 7.82 Å². The Hall–Kier alpha value is 0.0700. The van der Waals surface area contributed by atoms with Crippen LogP contribution in [0.25, 0.3) is 0 Å². The first-order chi connectivity index (χ1) is 13.6. The Morgan fingerprint density at radius 1 is 0.643 bits per heavy atom. The first-order valence-electron chi connectivity index (χ1n) is 12.0. The van der Waals surface area contributed by atoms with Gasteiger partial charge in [-0.2, -0.15) is 9.69 Å². The van der Waals surface area contributed by atoms with Gasteiger partial charge in [0.1, 0.15) is 0 Å². The van der Waals surface area contributed by atoms with E-state index in [1.54, 1.807) is 5.06 Å². The molecule has 0 aromatic carbocycles. The second-order valence-electron chi connectivity index (χ2n) is 7.91. The molecule has 0 aliphatic carbocycles. The number of phosphoric ester groups is 1. The van der Waals surface area contributed by atoms with E-state index in [2.05, 4.69) is 20.8 Å². The molecular formula is C22H48NO4P. The van der Waals surface area contributed by atoms with Crippen LogP contribution in [-0.4, -0.2) is 29.7 Å². The van der Waals surface area contributed by atoms with E-state index in [9.17, 15) is 9.46 Å². The molecule has 0 amide bonds. The summed E-state index contributed by atoms with van der Waals surface area (Å²) in [5.74, 6) is 0. The molecule has 5 nitrogen and oxygen atoms in total. The average Bonchev–Trinajstić information content (AvgIpc) is 2.66. The molecule has 0 spiro atoms. The van der Waals surface area contributed by atoms with Crippen LogP contribution in [0, 0.1) is 0 Å². The van der Waals surface area contributed by atoms with Gasteiger partial charge in [-0.1, -0.05) is 104 Å². The molecule has 1 N–H and O–H groups in total. The fourth-order valence-corrected chi connectivity index (χ4v) is 4.07. The molecule has 1 atom stereocenters. The maximum Gasteiger partial charge on any atom is 0.489 e. The molecule has 0 aliphatic rings. The summed E-state index contributed by atoms with van der Waals surface area (Å²) in [6.07, 6.45) is 18.4. The van der Waals surface area contributed by atoms with E-state index >= 15 is 0 Å². The van der Waals surface area contributed by atoms with Crippen molar-refractivity contribution in [3.05, 3.63) is 0 Å². The molecule has 0 aromatic heterocycles. The summed E-state index contributed by atoms with van der Waals surface area (Å²) < 4.78 is 22.9. The highest BCUT2D eigenvalue weighted by molar-refractivity contribution is 7.47. The standard InChI is InChI=1S/C22H48NO4P/c1-4-7-10-13-15-17-20-23(21-18-16-14-11-8-5-2)27-28(24,25)26-22-19-12-9-6-3/h4-22H2,1-3H3,(H,24,25). The molecule has 28 heavy (non-hydrogen) atoms. The zero-order valence-corrected chi connectivity index (χ0v) is 19.9. The van der Waals surface area contributed by atoms with Crippen LogP contribution in [0.4, 0.5) is 0 Å². The third-order valence-corrected chi connectivity index (χ3v) is 5.94. The summed E-state index contributed by atoms with van der Waals surface area (Å²) in [6.45, 7) is 8.27. The van der Waals surface area contributed by atoms with Crippen LogP contribution in [0.5, 0.6) is 0 Å². The van der Waals surface area contributed by atoms with E-state index in [1.807, 2.05) is 0 Å². The Kier molecular flexibility index (Phi) is 20.4. The normalized spacial score (nSPS) is 13.9. The molecule has 0 aromatic rings. The van der Waals surface area contributed by atoms with Gasteiger partial charge in [-0.15, -0.1) is 0 Å². The molecule has 0 saturated carbocycles. The molecule has 0 bridgehead atoms. The number of unbranched alkanes of at least 4 members (excludes halogenated alkanes) is 13. The van der Waals surface area contributed by atoms with Gasteiger partial charge in [0.05, 0.1) is 6.61 Å². The number of nitrogens with zero attached hydrogens (tertiary/aromatic N) is 1. The monoisotopic (exact) mass is 421 g/mol. The molecular weight excluding hydrogens is 373 g/mol. The third kappa shape index (κ3) is 19.4. The van der Waals surface area contributed by atoms with Gasteiger partial charge in [-0.3, -0.25) is 4.52 Å². The Bertz CT molecular complexity index is 352. The lowest BCUT2D eigenvalue weighted by Crippen LogP contribution is -2.26. The first-order valence-corrected chi connectivity index (χ1v) is 13.5. The average molecular weight is 422 g/mol. The van der Waals surface area contributed by atoms with Crippen LogP contribution in [0.2, 0.25) is 0 Å². The minimum absolute atomic E-state index is 0.287. The van der Waals surface area contributed by atoms with Crippen LogP contribution in [0.1, 0.15) is 124 Å². The van der Waals surface area contributed by atoms with Gasteiger partial charge in [0.25, 0.3) is 0 Å². The number of rotatable bonds is 22.